The lowest BCUT2D eigenvalue weighted by Gasteiger charge is -2.12. The summed E-state index contributed by atoms with van der Waals surface area (Å²) in [6, 6.07) is 10.1. The van der Waals surface area contributed by atoms with Crippen molar-refractivity contribution in [2.75, 3.05) is 12.4 Å². The van der Waals surface area contributed by atoms with Crippen molar-refractivity contribution in [2.45, 2.75) is 6.42 Å². The second-order valence-corrected chi connectivity index (χ2v) is 4.47. The fraction of sp³-hybridized carbons (Fsp3) is 0.133. The average molecular weight is 300 g/mol. The number of aromatic nitrogens is 1. The molecule has 7 heteroatoms. The first-order chi connectivity index (χ1) is 10.6. The van der Waals surface area contributed by atoms with E-state index in [0.29, 0.717) is 16.4 Å². The molecule has 2 aromatic rings. The zero-order valence-corrected chi connectivity index (χ0v) is 12.0. The van der Waals surface area contributed by atoms with E-state index in [4.69, 9.17) is 5.84 Å². The van der Waals surface area contributed by atoms with Gasteiger partial charge in [0.1, 0.15) is 0 Å². The Hall–Kier alpha value is -2.77. The maximum Gasteiger partial charge on any atom is 0.265 e. The third-order valence-electron chi connectivity index (χ3n) is 2.95. The number of amides is 2. The zero-order valence-electron chi connectivity index (χ0n) is 12.0. The summed E-state index contributed by atoms with van der Waals surface area (Å²) in [7, 11) is 1.31. The Kier molecular flexibility index (Phi) is 5.18. The van der Waals surface area contributed by atoms with Crippen LogP contribution in [-0.2, 0) is 16.1 Å². The van der Waals surface area contributed by atoms with Crippen molar-refractivity contribution >= 4 is 17.5 Å². The largest absolute Gasteiger partial charge is 0.322 e. The molecule has 3 N–H and O–H groups in total. The van der Waals surface area contributed by atoms with Crippen LogP contribution >= 0.6 is 0 Å². The van der Waals surface area contributed by atoms with Gasteiger partial charge in [0.05, 0.1) is 13.5 Å². The number of hydrogen-bond donors (Lipinski definition) is 2. The van der Waals surface area contributed by atoms with Crippen LogP contribution in [0.4, 0.5) is 5.69 Å². The number of hydrogen-bond acceptors (Lipinski definition) is 5. The molecule has 114 valence electrons. The van der Waals surface area contributed by atoms with Crippen molar-refractivity contribution < 1.29 is 14.4 Å². The number of nitrogens with two attached hydrogens (primary N) is 1. The number of anilines is 1. The normalized spacial score (nSPS) is 10.1. The van der Waals surface area contributed by atoms with Crippen molar-refractivity contribution in [3.8, 4) is 0 Å². The van der Waals surface area contributed by atoms with Crippen LogP contribution in [0.1, 0.15) is 15.9 Å². The molecular formula is C15H16N4O3. The van der Waals surface area contributed by atoms with Gasteiger partial charge in [-0.1, -0.05) is 12.1 Å². The van der Waals surface area contributed by atoms with Crippen LogP contribution < -0.4 is 11.2 Å². The van der Waals surface area contributed by atoms with Gasteiger partial charge in [-0.05, 0) is 29.8 Å². The molecule has 0 fully saturated rings. The van der Waals surface area contributed by atoms with Crippen molar-refractivity contribution in [3.05, 3.63) is 59.9 Å². The van der Waals surface area contributed by atoms with E-state index in [2.05, 4.69) is 15.1 Å². The van der Waals surface area contributed by atoms with Gasteiger partial charge in [0.25, 0.3) is 11.8 Å². The molecule has 7 nitrogen and oxygen atoms in total. The summed E-state index contributed by atoms with van der Waals surface area (Å²) in [4.78, 5) is 32.1. The zero-order chi connectivity index (χ0) is 15.9. The number of carbonyl (C=O) groups excluding carboxylic acids is 2. The van der Waals surface area contributed by atoms with Gasteiger partial charge in [0.15, 0.2) is 0 Å². The average Bonchev–Trinajstić information content (AvgIpc) is 2.55. The van der Waals surface area contributed by atoms with E-state index in [1.54, 1.807) is 48.8 Å². The third kappa shape index (κ3) is 4.11. The number of hydrazine groups is 1. The van der Waals surface area contributed by atoms with Crippen LogP contribution in [0.2, 0.25) is 0 Å². The maximum atomic E-state index is 12.1. The summed E-state index contributed by atoms with van der Waals surface area (Å²) in [6.07, 6.45) is 3.29. The molecule has 0 bridgehead atoms. The number of pyridine rings is 1. The lowest BCUT2D eigenvalue weighted by atomic mass is 10.1. The van der Waals surface area contributed by atoms with Crippen LogP contribution in [0.3, 0.4) is 0 Å². The van der Waals surface area contributed by atoms with Gasteiger partial charge >= 0.3 is 0 Å². The van der Waals surface area contributed by atoms with Crippen LogP contribution in [0.5, 0.6) is 0 Å². The molecule has 2 amide bonds. The predicted molar refractivity (Wildman–Crippen MR) is 80.4 cm³/mol. The molecule has 2 rings (SSSR count). The molecule has 22 heavy (non-hydrogen) atoms. The Morgan fingerprint density at radius 2 is 1.82 bits per heavy atom. The highest BCUT2D eigenvalue weighted by molar-refractivity contribution is 6.04. The molecule has 1 aromatic heterocycles. The summed E-state index contributed by atoms with van der Waals surface area (Å²) >= 11 is 0. The smallest absolute Gasteiger partial charge is 0.265 e. The monoisotopic (exact) mass is 300 g/mol. The van der Waals surface area contributed by atoms with Gasteiger partial charge in [-0.2, -0.15) is 5.17 Å². The van der Waals surface area contributed by atoms with Gasteiger partial charge < -0.3 is 5.32 Å². The van der Waals surface area contributed by atoms with E-state index >= 15 is 0 Å². The minimum absolute atomic E-state index is 0.0938. The topological polar surface area (TPSA) is 97.5 Å². The second kappa shape index (κ2) is 7.30. The lowest BCUT2D eigenvalue weighted by molar-refractivity contribution is -0.176. The fourth-order valence-electron chi connectivity index (χ4n) is 1.77. The quantitative estimate of drug-likeness (QED) is 0.490. The van der Waals surface area contributed by atoms with Crippen LogP contribution in [-0.4, -0.2) is 29.1 Å². The first-order valence-electron chi connectivity index (χ1n) is 6.52. The Morgan fingerprint density at radius 1 is 1.18 bits per heavy atom. The molecule has 0 unspecified atom stereocenters. The van der Waals surface area contributed by atoms with E-state index in [1.807, 2.05) is 0 Å². The minimum Gasteiger partial charge on any atom is -0.322 e. The Bertz CT molecular complexity index is 644. The first-order valence-corrected chi connectivity index (χ1v) is 6.52. The summed E-state index contributed by atoms with van der Waals surface area (Å²) in [6.45, 7) is 0. The number of hydroxylamine groups is 1. The van der Waals surface area contributed by atoms with Gasteiger partial charge in [-0.25, -0.2) is 5.84 Å². The second-order valence-electron chi connectivity index (χ2n) is 4.47. The van der Waals surface area contributed by atoms with Crippen molar-refractivity contribution in [1.29, 1.82) is 0 Å². The standard InChI is InChI=1S/C15H16N4O3/c1-22-19(16)14(20)10-11-2-4-12(5-3-11)15(21)18-13-6-8-17-9-7-13/h2-9H,10,16H2,1H3,(H,17,18,21). The molecule has 0 spiro atoms. The molecule has 0 saturated heterocycles. The maximum absolute atomic E-state index is 12.1. The highest BCUT2D eigenvalue weighted by atomic mass is 16.7. The summed E-state index contributed by atoms with van der Waals surface area (Å²) in [5.41, 5.74) is 1.89. The van der Waals surface area contributed by atoms with Gasteiger partial charge in [0.2, 0.25) is 0 Å². The highest BCUT2D eigenvalue weighted by Crippen LogP contribution is 2.10. The SMILES string of the molecule is CON(N)C(=O)Cc1ccc(C(=O)Nc2ccncc2)cc1. The molecule has 0 aliphatic carbocycles. The number of carbonyl (C=O) groups is 2. The van der Waals surface area contributed by atoms with Crippen LogP contribution in [0.15, 0.2) is 48.8 Å². The van der Waals surface area contributed by atoms with E-state index in [-0.39, 0.29) is 18.2 Å². The van der Waals surface area contributed by atoms with Gasteiger partial charge in [-0.3, -0.25) is 19.4 Å². The van der Waals surface area contributed by atoms with Crippen molar-refractivity contribution in [2.24, 2.45) is 5.84 Å². The molecular weight excluding hydrogens is 284 g/mol. The van der Waals surface area contributed by atoms with Crippen molar-refractivity contribution in [3.63, 3.8) is 0 Å². The van der Waals surface area contributed by atoms with Crippen molar-refractivity contribution in [1.82, 2.24) is 10.2 Å². The molecule has 1 heterocycles. The van der Waals surface area contributed by atoms with Gasteiger partial charge in [-0.15, -0.1) is 0 Å². The Morgan fingerprint density at radius 3 is 2.41 bits per heavy atom. The fourth-order valence-corrected chi connectivity index (χ4v) is 1.77. The van der Waals surface area contributed by atoms with E-state index in [0.717, 1.165) is 5.56 Å². The van der Waals surface area contributed by atoms with E-state index in [1.165, 1.54) is 7.11 Å². The molecule has 0 radical (unpaired) electrons. The summed E-state index contributed by atoms with van der Waals surface area (Å²) < 4.78 is 0. The highest BCUT2D eigenvalue weighted by Gasteiger charge is 2.11. The lowest BCUT2D eigenvalue weighted by Crippen LogP contribution is -2.37. The molecule has 0 saturated carbocycles. The van der Waals surface area contributed by atoms with Crippen LogP contribution in [0, 0.1) is 0 Å². The van der Waals surface area contributed by atoms with Gasteiger partial charge in [0, 0.05) is 23.6 Å². The molecule has 1 aromatic carbocycles. The van der Waals surface area contributed by atoms with E-state index < -0.39 is 0 Å². The Balaban J connectivity index is 1.99. The Labute approximate surface area is 127 Å². The predicted octanol–water partition coefficient (Wildman–Crippen LogP) is 1.14. The number of nitrogens with zero attached hydrogens (tertiary/aromatic N) is 2. The summed E-state index contributed by atoms with van der Waals surface area (Å²) in [5.74, 6) is 4.71. The van der Waals surface area contributed by atoms with E-state index in [9.17, 15) is 9.59 Å². The molecule has 0 aliphatic heterocycles. The first kappa shape index (κ1) is 15.6. The third-order valence-corrected chi connectivity index (χ3v) is 2.95. The molecule has 0 aliphatic rings. The molecule has 0 atom stereocenters. The van der Waals surface area contributed by atoms with Crippen LogP contribution in [0.25, 0.3) is 0 Å². The number of benzene rings is 1. The minimum atomic E-state index is -0.378. The summed E-state index contributed by atoms with van der Waals surface area (Å²) in [5, 5.41) is 3.42. The number of rotatable bonds is 5. The number of nitrogens with one attached hydrogen (secondary N) is 1.